The lowest BCUT2D eigenvalue weighted by molar-refractivity contribution is -0.136. The zero-order valence-electron chi connectivity index (χ0n) is 21.7. The Hall–Kier alpha value is -3.89. The molecule has 38 heavy (non-hydrogen) atoms. The van der Waals surface area contributed by atoms with Crippen molar-refractivity contribution < 1.29 is 32.2 Å². The largest absolute Gasteiger partial charge is 0.493 e. The molecule has 1 aliphatic rings. The Labute approximate surface area is 222 Å². The molecule has 0 bridgehead atoms. The Bertz CT molecular complexity index is 1420. The summed E-state index contributed by atoms with van der Waals surface area (Å²) in [7, 11) is 2.38. The van der Waals surface area contributed by atoms with E-state index < -0.39 is 28.6 Å². The lowest BCUT2D eigenvalue weighted by Crippen LogP contribution is -2.42. The summed E-state index contributed by atoms with van der Waals surface area (Å²) in [6, 6.07) is 18.5. The zero-order valence-corrected chi connectivity index (χ0v) is 22.5. The van der Waals surface area contributed by atoms with Crippen molar-refractivity contribution in [3.8, 4) is 11.5 Å². The van der Waals surface area contributed by atoms with Crippen LogP contribution >= 0.6 is 0 Å². The molecule has 0 radical (unpaired) electrons. The lowest BCUT2D eigenvalue weighted by Gasteiger charge is -2.38. The highest BCUT2D eigenvalue weighted by Crippen LogP contribution is 2.41. The van der Waals surface area contributed by atoms with Crippen molar-refractivity contribution in [3.63, 3.8) is 0 Å². The van der Waals surface area contributed by atoms with Gasteiger partial charge in [-0.05, 0) is 59.5 Å². The predicted molar refractivity (Wildman–Crippen MR) is 141 cm³/mol. The molecular formula is C28H30N2O7S. The summed E-state index contributed by atoms with van der Waals surface area (Å²) in [5.41, 5.74) is 3.02. The van der Waals surface area contributed by atoms with Crippen molar-refractivity contribution in [1.82, 2.24) is 9.21 Å². The summed E-state index contributed by atoms with van der Waals surface area (Å²) in [5, 5.41) is 0. The number of sulfonamides is 1. The van der Waals surface area contributed by atoms with Crippen LogP contribution in [0.15, 0.2) is 71.6 Å². The van der Waals surface area contributed by atoms with Gasteiger partial charge in [-0.25, -0.2) is 17.5 Å². The van der Waals surface area contributed by atoms with Gasteiger partial charge in [-0.3, -0.25) is 4.79 Å². The van der Waals surface area contributed by atoms with Gasteiger partial charge >= 0.3 is 5.97 Å². The van der Waals surface area contributed by atoms with Crippen LogP contribution in [-0.2, 0) is 26.0 Å². The second-order valence-electron chi connectivity index (χ2n) is 8.94. The number of hydrogen-bond donors (Lipinski definition) is 0. The highest BCUT2D eigenvalue weighted by Gasteiger charge is 2.33. The first-order chi connectivity index (χ1) is 18.2. The van der Waals surface area contributed by atoms with E-state index in [0.29, 0.717) is 24.5 Å². The minimum Gasteiger partial charge on any atom is -0.493 e. The number of esters is 1. The van der Waals surface area contributed by atoms with Gasteiger partial charge in [0.25, 0.3) is 5.91 Å². The van der Waals surface area contributed by atoms with E-state index in [9.17, 15) is 18.0 Å². The highest BCUT2D eigenvalue weighted by molar-refractivity contribution is 7.89. The summed E-state index contributed by atoms with van der Waals surface area (Å²) >= 11 is 0. The van der Waals surface area contributed by atoms with Crippen molar-refractivity contribution in [2.24, 2.45) is 0 Å². The molecule has 3 aromatic rings. The Kier molecular flexibility index (Phi) is 8.03. The van der Waals surface area contributed by atoms with E-state index in [1.807, 2.05) is 42.5 Å². The van der Waals surface area contributed by atoms with Crippen LogP contribution < -0.4 is 9.47 Å². The summed E-state index contributed by atoms with van der Waals surface area (Å²) in [4.78, 5) is 27.8. The average molecular weight is 539 g/mol. The molecule has 0 spiro atoms. The van der Waals surface area contributed by atoms with Gasteiger partial charge in [-0.15, -0.1) is 0 Å². The molecular weight excluding hydrogens is 508 g/mol. The molecule has 4 rings (SSSR count). The Morgan fingerprint density at radius 3 is 2.18 bits per heavy atom. The molecule has 3 aromatic carbocycles. The van der Waals surface area contributed by atoms with Crippen molar-refractivity contribution in [2.45, 2.75) is 17.4 Å². The standard InChI is InChI=1S/C28H30N2O7S/c1-29(2)38(33,34)22-12-10-20(11-13-22)28(32)37-18-26(31)30-15-14-21-16-24(35-3)25(36-4)17-23(21)27(30)19-8-6-5-7-9-19/h5-13,16-17,27H,14-15,18H2,1-4H3. The fourth-order valence-corrected chi connectivity index (χ4v) is 5.38. The fourth-order valence-electron chi connectivity index (χ4n) is 4.48. The zero-order chi connectivity index (χ0) is 27.4. The highest BCUT2D eigenvalue weighted by atomic mass is 32.2. The van der Waals surface area contributed by atoms with Gasteiger partial charge in [-0.1, -0.05) is 30.3 Å². The maximum atomic E-state index is 13.4. The maximum absolute atomic E-state index is 13.4. The van der Waals surface area contributed by atoms with E-state index in [4.69, 9.17) is 14.2 Å². The van der Waals surface area contributed by atoms with Gasteiger partial charge in [0.2, 0.25) is 10.0 Å². The predicted octanol–water partition coefficient (Wildman–Crippen LogP) is 3.29. The second kappa shape index (κ2) is 11.2. The van der Waals surface area contributed by atoms with E-state index in [0.717, 1.165) is 21.0 Å². The molecule has 0 saturated carbocycles. The Balaban J connectivity index is 1.55. The van der Waals surface area contributed by atoms with Crippen molar-refractivity contribution >= 4 is 21.9 Å². The van der Waals surface area contributed by atoms with E-state index in [2.05, 4.69) is 0 Å². The van der Waals surface area contributed by atoms with Gasteiger partial charge in [0.05, 0.1) is 30.7 Å². The number of nitrogens with zero attached hydrogens (tertiary/aromatic N) is 2. The van der Waals surface area contributed by atoms with Crippen LogP contribution in [0.5, 0.6) is 11.5 Å². The van der Waals surface area contributed by atoms with E-state index in [-0.39, 0.29) is 16.4 Å². The van der Waals surface area contributed by atoms with Gasteiger partial charge in [0, 0.05) is 20.6 Å². The first-order valence-electron chi connectivity index (χ1n) is 12.0. The molecule has 0 N–H and O–H groups in total. The smallest absolute Gasteiger partial charge is 0.338 e. The lowest BCUT2D eigenvalue weighted by atomic mass is 9.87. The number of fused-ring (bicyclic) bond motifs is 1. The topological polar surface area (TPSA) is 102 Å². The summed E-state index contributed by atoms with van der Waals surface area (Å²) in [6.45, 7) is -0.0297. The van der Waals surface area contributed by atoms with Crippen LogP contribution in [0.25, 0.3) is 0 Å². The third kappa shape index (κ3) is 5.36. The van der Waals surface area contributed by atoms with E-state index in [1.165, 1.54) is 38.4 Å². The molecule has 1 amide bonds. The van der Waals surface area contributed by atoms with Gasteiger partial charge in [0.15, 0.2) is 18.1 Å². The molecule has 1 unspecified atom stereocenters. The number of rotatable bonds is 8. The first kappa shape index (κ1) is 27.2. The molecule has 1 atom stereocenters. The normalized spacial score (nSPS) is 15.1. The number of benzene rings is 3. The van der Waals surface area contributed by atoms with Crippen LogP contribution in [0.1, 0.15) is 33.1 Å². The van der Waals surface area contributed by atoms with E-state index >= 15 is 0 Å². The third-order valence-electron chi connectivity index (χ3n) is 6.50. The van der Waals surface area contributed by atoms with Crippen molar-refractivity contribution in [1.29, 1.82) is 0 Å². The monoisotopic (exact) mass is 538 g/mol. The molecule has 200 valence electrons. The quantitative estimate of drug-likeness (QED) is 0.406. The van der Waals surface area contributed by atoms with Gasteiger partial charge in [0.1, 0.15) is 0 Å². The Morgan fingerprint density at radius 1 is 0.947 bits per heavy atom. The third-order valence-corrected chi connectivity index (χ3v) is 8.33. The van der Waals surface area contributed by atoms with Gasteiger partial charge < -0.3 is 19.1 Å². The SMILES string of the molecule is COc1cc2c(cc1OC)C(c1ccccc1)N(C(=O)COC(=O)c1ccc(S(=O)(=O)N(C)C)cc1)CC2. The molecule has 0 aromatic heterocycles. The van der Waals surface area contributed by atoms with Crippen LogP contribution in [0.3, 0.4) is 0 Å². The molecule has 1 heterocycles. The molecule has 0 fully saturated rings. The number of hydrogen-bond acceptors (Lipinski definition) is 7. The number of amides is 1. The molecule has 0 aliphatic carbocycles. The van der Waals surface area contributed by atoms with Crippen LogP contribution in [-0.4, -0.2) is 71.0 Å². The maximum Gasteiger partial charge on any atom is 0.338 e. The van der Waals surface area contributed by atoms with Crippen LogP contribution in [0.4, 0.5) is 0 Å². The average Bonchev–Trinajstić information content (AvgIpc) is 2.94. The van der Waals surface area contributed by atoms with Gasteiger partial charge in [-0.2, -0.15) is 0 Å². The molecule has 0 saturated heterocycles. The minimum atomic E-state index is -3.62. The van der Waals surface area contributed by atoms with Crippen LogP contribution in [0.2, 0.25) is 0 Å². The van der Waals surface area contributed by atoms with Crippen molar-refractivity contribution in [3.05, 3.63) is 89.0 Å². The molecule has 1 aliphatic heterocycles. The molecule has 9 nitrogen and oxygen atoms in total. The minimum absolute atomic E-state index is 0.0554. The number of carbonyl (C=O) groups excluding carboxylic acids is 2. The number of ether oxygens (including phenoxy) is 3. The Morgan fingerprint density at radius 2 is 1.58 bits per heavy atom. The number of methoxy groups -OCH3 is 2. The second-order valence-corrected chi connectivity index (χ2v) is 11.1. The number of carbonyl (C=O) groups is 2. The summed E-state index contributed by atoms with van der Waals surface area (Å²) in [6.07, 6.45) is 0.598. The summed E-state index contributed by atoms with van der Waals surface area (Å²) < 4.78 is 41.9. The van der Waals surface area contributed by atoms with Crippen molar-refractivity contribution in [2.75, 3.05) is 41.5 Å². The van der Waals surface area contributed by atoms with Crippen LogP contribution in [0, 0.1) is 0 Å². The molecule has 10 heteroatoms. The summed E-state index contributed by atoms with van der Waals surface area (Å²) in [5.74, 6) is 0.121. The first-order valence-corrected chi connectivity index (χ1v) is 13.4. The fraction of sp³-hybridized carbons (Fsp3) is 0.286. The van der Waals surface area contributed by atoms with E-state index in [1.54, 1.807) is 19.1 Å².